The summed E-state index contributed by atoms with van der Waals surface area (Å²) >= 11 is 6.15. The maximum atomic E-state index is 12.6. The Hall–Kier alpha value is -2.00. The highest BCUT2D eigenvalue weighted by atomic mass is 35.5. The standard InChI is InChI=1S/C17H14ClNO2/c1-19-9-13-12-8-10(18)6-7-15(12)21-14-5-3-2-4-11(14)16(13)17(19)20/h2-8,13,16H,9H2,1H3/t13?,16-/m1/s1. The van der Waals surface area contributed by atoms with Gasteiger partial charge >= 0.3 is 0 Å². The van der Waals surface area contributed by atoms with Crippen molar-refractivity contribution in [3.05, 3.63) is 58.6 Å². The Balaban J connectivity index is 1.98. The van der Waals surface area contributed by atoms with Crippen molar-refractivity contribution in [2.24, 2.45) is 0 Å². The topological polar surface area (TPSA) is 29.5 Å². The molecule has 1 fully saturated rings. The summed E-state index contributed by atoms with van der Waals surface area (Å²) in [5.41, 5.74) is 1.98. The molecule has 2 aliphatic rings. The number of likely N-dealkylation sites (N-methyl/N-ethyl adjacent to an activating group) is 1. The number of ether oxygens (including phenoxy) is 1. The third-order valence-corrected chi connectivity index (χ3v) is 4.60. The summed E-state index contributed by atoms with van der Waals surface area (Å²) in [6.45, 7) is 0.689. The van der Waals surface area contributed by atoms with E-state index in [1.807, 2.05) is 49.5 Å². The Labute approximate surface area is 128 Å². The smallest absolute Gasteiger partial charge is 0.230 e. The van der Waals surface area contributed by atoms with Gasteiger partial charge in [0.05, 0.1) is 5.92 Å². The molecule has 2 aromatic carbocycles. The summed E-state index contributed by atoms with van der Waals surface area (Å²) in [4.78, 5) is 14.4. The van der Waals surface area contributed by atoms with Crippen LogP contribution in [-0.4, -0.2) is 24.4 Å². The van der Waals surface area contributed by atoms with Crippen molar-refractivity contribution < 1.29 is 9.53 Å². The summed E-state index contributed by atoms with van der Waals surface area (Å²) in [6, 6.07) is 13.4. The number of hydrogen-bond donors (Lipinski definition) is 0. The van der Waals surface area contributed by atoms with E-state index in [9.17, 15) is 4.79 Å². The summed E-state index contributed by atoms with van der Waals surface area (Å²) in [5.74, 6) is 1.59. The first kappa shape index (κ1) is 12.7. The van der Waals surface area contributed by atoms with Gasteiger partial charge in [0.2, 0.25) is 5.91 Å². The van der Waals surface area contributed by atoms with Gasteiger partial charge in [0.1, 0.15) is 11.5 Å². The van der Waals surface area contributed by atoms with E-state index in [0.717, 1.165) is 22.6 Å². The largest absolute Gasteiger partial charge is 0.457 e. The fraction of sp³-hybridized carbons (Fsp3) is 0.235. The molecule has 2 aliphatic heterocycles. The highest BCUT2D eigenvalue weighted by molar-refractivity contribution is 6.30. The van der Waals surface area contributed by atoms with Crippen LogP contribution in [0.15, 0.2) is 42.5 Å². The van der Waals surface area contributed by atoms with Crippen molar-refractivity contribution in [1.82, 2.24) is 4.90 Å². The highest BCUT2D eigenvalue weighted by Crippen LogP contribution is 2.50. The van der Waals surface area contributed by atoms with E-state index in [0.29, 0.717) is 11.6 Å². The quantitative estimate of drug-likeness (QED) is 0.741. The van der Waals surface area contributed by atoms with Crippen LogP contribution in [-0.2, 0) is 4.79 Å². The molecule has 0 bridgehead atoms. The number of hydrogen-bond acceptors (Lipinski definition) is 2. The van der Waals surface area contributed by atoms with Gasteiger partial charge < -0.3 is 9.64 Å². The Kier molecular flexibility index (Phi) is 2.73. The average Bonchev–Trinajstić information content (AvgIpc) is 2.70. The molecule has 0 radical (unpaired) electrons. The van der Waals surface area contributed by atoms with Crippen LogP contribution in [0.2, 0.25) is 5.02 Å². The third-order valence-electron chi connectivity index (χ3n) is 4.36. The van der Waals surface area contributed by atoms with Gasteiger partial charge in [-0.25, -0.2) is 0 Å². The predicted molar refractivity (Wildman–Crippen MR) is 81.1 cm³/mol. The molecular formula is C17H14ClNO2. The van der Waals surface area contributed by atoms with Crippen LogP contribution in [0, 0.1) is 0 Å². The lowest BCUT2D eigenvalue weighted by Crippen LogP contribution is -2.21. The van der Waals surface area contributed by atoms with Gasteiger partial charge in [-0.05, 0) is 24.3 Å². The first-order valence-corrected chi connectivity index (χ1v) is 7.34. The molecule has 4 rings (SSSR count). The van der Waals surface area contributed by atoms with E-state index in [2.05, 4.69) is 0 Å². The Bertz CT molecular complexity index is 743. The van der Waals surface area contributed by atoms with Gasteiger partial charge in [-0.3, -0.25) is 4.79 Å². The number of benzene rings is 2. The maximum absolute atomic E-state index is 12.6. The lowest BCUT2D eigenvalue weighted by atomic mass is 9.84. The van der Waals surface area contributed by atoms with Gasteiger partial charge in [-0.2, -0.15) is 0 Å². The van der Waals surface area contributed by atoms with Crippen molar-refractivity contribution in [1.29, 1.82) is 0 Å². The van der Waals surface area contributed by atoms with E-state index in [1.54, 1.807) is 4.90 Å². The fourth-order valence-electron chi connectivity index (χ4n) is 3.38. The monoisotopic (exact) mass is 299 g/mol. The number of likely N-dealkylation sites (tertiary alicyclic amines) is 1. The third kappa shape index (κ3) is 1.84. The van der Waals surface area contributed by atoms with Crippen LogP contribution in [0.1, 0.15) is 23.0 Å². The van der Waals surface area contributed by atoms with Crippen LogP contribution < -0.4 is 4.74 Å². The molecule has 106 valence electrons. The number of nitrogens with zero attached hydrogens (tertiary/aromatic N) is 1. The minimum absolute atomic E-state index is 0.0832. The second-order valence-corrected chi connectivity index (χ2v) is 6.06. The highest BCUT2D eigenvalue weighted by Gasteiger charge is 2.44. The Morgan fingerprint density at radius 2 is 1.90 bits per heavy atom. The van der Waals surface area contributed by atoms with E-state index in [4.69, 9.17) is 16.3 Å². The molecule has 0 spiro atoms. The van der Waals surface area contributed by atoms with Crippen molar-refractivity contribution in [3.8, 4) is 11.5 Å². The molecule has 1 amide bonds. The first-order chi connectivity index (χ1) is 10.1. The van der Waals surface area contributed by atoms with Gasteiger partial charge in [0.15, 0.2) is 0 Å². The zero-order valence-electron chi connectivity index (χ0n) is 11.5. The number of amides is 1. The van der Waals surface area contributed by atoms with E-state index in [1.165, 1.54) is 0 Å². The van der Waals surface area contributed by atoms with Gasteiger partial charge in [-0.1, -0.05) is 29.8 Å². The molecule has 3 nitrogen and oxygen atoms in total. The zero-order valence-corrected chi connectivity index (χ0v) is 12.3. The zero-order chi connectivity index (χ0) is 14.6. The molecule has 1 unspecified atom stereocenters. The SMILES string of the molecule is CN1CC2c3cc(Cl)ccc3Oc3ccccc3[C@H]2C1=O. The Morgan fingerprint density at radius 3 is 2.76 bits per heavy atom. The molecule has 2 aromatic rings. The predicted octanol–water partition coefficient (Wildman–Crippen LogP) is 3.79. The van der Waals surface area contributed by atoms with Crippen molar-refractivity contribution in [2.45, 2.75) is 11.8 Å². The summed E-state index contributed by atoms with van der Waals surface area (Å²) in [6.07, 6.45) is 0. The number of carbonyl (C=O) groups is 1. The van der Waals surface area contributed by atoms with E-state index in [-0.39, 0.29) is 17.7 Å². The molecule has 0 N–H and O–H groups in total. The lowest BCUT2D eigenvalue weighted by molar-refractivity contribution is -0.127. The van der Waals surface area contributed by atoms with Crippen LogP contribution in [0.5, 0.6) is 11.5 Å². The van der Waals surface area contributed by atoms with Crippen molar-refractivity contribution in [3.63, 3.8) is 0 Å². The van der Waals surface area contributed by atoms with E-state index >= 15 is 0 Å². The normalized spacial score (nSPS) is 23.0. The second-order valence-electron chi connectivity index (χ2n) is 5.62. The number of fused-ring (bicyclic) bond motifs is 5. The van der Waals surface area contributed by atoms with Crippen LogP contribution in [0.3, 0.4) is 0 Å². The van der Waals surface area contributed by atoms with Crippen molar-refractivity contribution >= 4 is 17.5 Å². The molecule has 0 aromatic heterocycles. The maximum Gasteiger partial charge on any atom is 0.230 e. The average molecular weight is 300 g/mol. The first-order valence-electron chi connectivity index (χ1n) is 6.96. The van der Waals surface area contributed by atoms with Gasteiger partial charge in [0, 0.05) is 35.7 Å². The molecule has 4 heteroatoms. The molecule has 0 saturated carbocycles. The number of rotatable bonds is 0. The Morgan fingerprint density at radius 1 is 1.14 bits per heavy atom. The minimum Gasteiger partial charge on any atom is -0.457 e. The summed E-state index contributed by atoms with van der Waals surface area (Å²) < 4.78 is 6.05. The number of para-hydroxylation sites is 1. The van der Waals surface area contributed by atoms with Gasteiger partial charge in [-0.15, -0.1) is 0 Å². The molecule has 1 saturated heterocycles. The van der Waals surface area contributed by atoms with E-state index < -0.39 is 0 Å². The molecule has 2 heterocycles. The fourth-order valence-corrected chi connectivity index (χ4v) is 3.56. The molecule has 21 heavy (non-hydrogen) atoms. The van der Waals surface area contributed by atoms with Crippen LogP contribution in [0.4, 0.5) is 0 Å². The van der Waals surface area contributed by atoms with Crippen LogP contribution in [0.25, 0.3) is 0 Å². The second kappa shape index (κ2) is 4.50. The minimum atomic E-state index is -0.189. The summed E-state index contributed by atoms with van der Waals surface area (Å²) in [5, 5.41) is 0.670. The van der Waals surface area contributed by atoms with Crippen LogP contribution >= 0.6 is 11.6 Å². The molecule has 2 atom stereocenters. The number of carbonyl (C=O) groups excluding carboxylic acids is 1. The summed E-state index contributed by atoms with van der Waals surface area (Å²) in [7, 11) is 1.85. The molecule has 0 aliphatic carbocycles. The lowest BCUT2D eigenvalue weighted by Gasteiger charge is -2.15. The molecular weight excluding hydrogens is 286 g/mol. The van der Waals surface area contributed by atoms with Gasteiger partial charge in [0.25, 0.3) is 0 Å². The van der Waals surface area contributed by atoms with Crippen molar-refractivity contribution in [2.75, 3.05) is 13.6 Å². The number of halogens is 1.